The van der Waals surface area contributed by atoms with Crippen molar-refractivity contribution in [2.45, 2.75) is 19.5 Å². The summed E-state index contributed by atoms with van der Waals surface area (Å²) in [6.45, 7) is -1.81. The van der Waals surface area contributed by atoms with Gasteiger partial charge >= 0.3 is 12.1 Å². The number of rotatable bonds is 7. The van der Waals surface area contributed by atoms with Crippen molar-refractivity contribution in [2.24, 2.45) is 0 Å². The van der Waals surface area contributed by atoms with Gasteiger partial charge in [0.2, 0.25) is 0 Å². The minimum Gasteiger partial charge on any atom is -0.463 e. The lowest BCUT2D eigenvalue weighted by molar-refractivity contribution is -0.249. The van der Waals surface area contributed by atoms with Gasteiger partial charge in [-0.2, -0.15) is 8.78 Å². The summed E-state index contributed by atoms with van der Waals surface area (Å²) in [5, 5.41) is 0. The van der Waals surface area contributed by atoms with E-state index in [9.17, 15) is 22.8 Å². The van der Waals surface area contributed by atoms with Gasteiger partial charge in [0.05, 0.1) is 6.61 Å². The molecular formula is C8H11F3O4. The third-order valence-corrected chi connectivity index (χ3v) is 1.21. The van der Waals surface area contributed by atoms with Crippen LogP contribution in [-0.2, 0) is 19.1 Å². The Kier molecular flexibility index (Phi) is 5.92. The van der Waals surface area contributed by atoms with Crippen LogP contribution in [0.15, 0.2) is 0 Å². The van der Waals surface area contributed by atoms with Crippen molar-refractivity contribution in [1.29, 1.82) is 0 Å². The maximum Gasteiger partial charge on any atom is 0.384 e. The lowest BCUT2D eigenvalue weighted by Gasteiger charge is -2.12. The molecule has 0 fully saturated rings. The lowest BCUT2D eigenvalue weighted by atomic mass is 10.3. The summed E-state index contributed by atoms with van der Waals surface area (Å²) in [5.74, 6) is -1.22. The third kappa shape index (κ3) is 7.92. The van der Waals surface area contributed by atoms with Crippen molar-refractivity contribution < 1.29 is 32.2 Å². The largest absolute Gasteiger partial charge is 0.463 e. The second kappa shape index (κ2) is 6.39. The van der Waals surface area contributed by atoms with E-state index in [0.29, 0.717) is 0 Å². The summed E-state index contributed by atoms with van der Waals surface area (Å²) in [4.78, 5) is 21.1. The first-order valence-corrected chi connectivity index (χ1v) is 4.10. The molecule has 7 heteroatoms. The summed E-state index contributed by atoms with van der Waals surface area (Å²) in [6.07, 6.45) is -4.27. The van der Waals surface area contributed by atoms with Crippen LogP contribution in [0.5, 0.6) is 0 Å². The molecule has 0 unspecified atom stereocenters. The molecule has 88 valence electrons. The van der Waals surface area contributed by atoms with E-state index < -0.39 is 44.2 Å². The molecule has 0 saturated heterocycles. The van der Waals surface area contributed by atoms with E-state index in [-0.39, 0.29) is 0 Å². The van der Waals surface area contributed by atoms with Crippen molar-refractivity contribution in [2.75, 3.05) is 19.9 Å². The first-order chi connectivity index (χ1) is 6.87. The first-order valence-electron chi connectivity index (χ1n) is 4.10. The van der Waals surface area contributed by atoms with Crippen molar-refractivity contribution in [3.05, 3.63) is 0 Å². The van der Waals surface area contributed by atoms with Crippen LogP contribution in [0.25, 0.3) is 0 Å². The van der Waals surface area contributed by atoms with Gasteiger partial charge in [-0.3, -0.25) is 9.59 Å². The Balaban J connectivity index is 3.55. The SMILES string of the molecule is CC(=O)CC(=O)OCCOC(F)(F)CF. The summed E-state index contributed by atoms with van der Waals surface area (Å²) in [6, 6.07) is 0. The van der Waals surface area contributed by atoms with E-state index in [1.165, 1.54) is 6.92 Å². The second-order valence-electron chi connectivity index (χ2n) is 2.72. The number of Topliss-reactive ketones (excluding diaryl/α,β-unsaturated/α-hetero) is 1. The monoisotopic (exact) mass is 228 g/mol. The van der Waals surface area contributed by atoms with Crippen LogP contribution < -0.4 is 0 Å². The number of hydrogen-bond donors (Lipinski definition) is 0. The summed E-state index contributed by atoms with van der Waals surface area (Å²) in [5.41, 5.74) is 0. The summed E-state index contributed by atoms with van der Waals surface area (Å²) < 4.78 is 43.8. The minimum atomic E-state index is -3.85. The lowest BCUT2D eigenvalue weighted by Crippen LogP contribution is -2.26. The minimum absolute atomic E-state index is 0.394. The molecule has 15 heavy (non-hydrogen) atoms. The topological polar surface area (TPSA) is 52.6 Å². The number of hydrogen-bond acceptors (Lipinski definition) is 4. The molecule has 0 aliphatic heterocycles. The van der Waals surface area contributed by atoms with Crippen molar-refractivity contribution >= 4 is 11.8 Å². The normalized spacial score (nSPS) is 11.2. The number of ketones is 1. The first kappa shape index (κ1) is 13.9. The highest BCUT2D eigenvalue weighted by Crippen LogP contribution is 2.14. The fourth-order valence-electron chi connectivity index (χ4n) is 0.639. The Morgan fingerprint density at radius 2 is 1.87 bits per heavy atom. The van der Waals surface area contributed by atoms with E-state index in [0.717, 1.165) is 0 Å². The molecular weight excluding hydrogens is 217 g/mol. The second-order valence-corrected chi connectivity index (χ2v) is 2.72. The molecule has 0 N–H and O–H groups in total. The molecule has 0 radical (unpaired) electrons. The number of halogens is 3. The van der Waals surface area contributed by atoms with Gasteiger partial charge in [-0.05, 0) is 6.92 Å². The number of ether oxygens (including phenoxy) is 2. The highest BCUT2D eigenvalue weighted by Gasteiger charge is 2.29. The zero-order valence-electron chi connectivity index (χ0n) is 8.10. The standard InChI is InChI=1S/C8H11F3O4/c1-6(12)4-7(13)14-2-3-15-8(10,11)5-9/h2-5H2,1H3. The van der Waals surface area contributed by atoms with Gasteiger partial charge in [-0.25, -0.2) is 4.39 Å². The summed E-state index contributed by atoms with van der Waals surface area (Å²) in [7, 11) is 0. The van der Waals surface area contributed by atoms with Gasteiger partial charge < -0.3 is 9.47 Å². The zero-order chi connectivity index (χ0) is 11.9. The van der Waals surface area contributed by atoms with Crippen LogP contribution in [0.2, 0.25) is 0 Å². The summed E-state index contributed by atoms with van der Waals surface area (Å²) >= 11 is 0. The quantitative estimate of drug-likeness (QED) is 0.372. The van der Waals surface area contributed by atoms with Gasteiger partial charge in [-0.1, -0.05) is 0 Å². The van der Waals surface area contributed by atoms with E-state index in [1.54, 1.807) is 0 Å². The van der Waals surface area contributed by atoms with Crippen LogP contribution in [0, 0.1) is 0 Å². The molecule has 0 atom stereocenters. The van der Waals surface area contributed by atoms with E-state index in [4.69, 9.17) is 0 Å². The predicted octanol–water partition coefficient (Wildman–Crippen LogP) is 1.09. The number of esters is 1. The fraction of sp³-hybridized carbons (Fsp3) is 0.750. The molecule has 4 nitrogen and oxygen atoms in total. The van der Waals surface area contributed by atoms with Crippen molar-refractivity contribution in [1.82, 2.24) is 0 Å². The van der Waals surface area contributed by atoms with Gasteiger partial charge in [0.25, 0.3) is 0 Å². The molecule has 0 rings (SSSR count). The average Bonchev–Trinajstić information content (AvgIpc) is 2.11. The van der Waals surface area contributed by atoms with Gasteiger partial charge in [-0.15, -0.1) is 0 Å². The number of carbonyl (C=O) groups excluding carboxylic acids is 2. The Labute approximate surface area is 84.3 Å². The Bertz CT molecular complexity index is 230. The van der Waals surface area contributed by atoms with Crippen LogP contribution in [0.4, 0.5) is 13.2 Å². The maximum atomic E-state index is 12.1. The smallest absolute Gasteiger partial charge is 0.384 e. The van der Waals surface area contributed by atoms with Gasteiger partial charge in [0, 0.05) is 0 Å². The van der Waals surface area contributed by atoms with Gasteiger partial charge in [0.15, 0.2) is 6.67 Å². The molecule has 0 amide bonds. The molecule has 0 aromatic rings. The maximum absolute atomic E-state index is 12.1. The molecule has 0 aromatic carbocycles. The predicted molar refractivity (Wildman–Crippen MR) is 43.1 cm³/mol. The van der Waals surface area contributed by atoms with Gasteiger partial charge in [0.1, 0.15) is 18.8 Å². The third-order valence-electron chi connectivity index (χ3n) is 1.21. The average molecular weight is 228 g/mol. The highest BCUT2D eigenvalue weighted by atomic mass is 19.3. The molecule has 0 aliphatic rings. The molecule has 0 bridgehead atoms. The highest BCUT2D eigenvalue weighted by molar-refractivity contribution is 5.94. The Morgan fingerprint density at radius 1 is 1.27 bits per heavy atom. The zero-order valence-corrected chi connectivity index (χ0v) is 8.10. The van der Waals surface area contributed by atoms with E-state index in [1.807, 2.05) is 0 Å². The number of alkyl halides is 3. The van der Waals surface area contributed by atoms with Crippen LogP contribution in [0.1, 0.15) is 13.3 Å². The van der Waals surface area contributed by atoms with Crippen LogP contribution in [0.3, 0.4) is 0 Å². The molecule has 0 aromatic heterocycles. The Hall–Kier alpha value is -1.11. The van der Waals surface area contributed by atoms with E-state index in [2.05, 4.69) is 9.47 Å². The molecule has 0 saturated carbocycles. The fourth-order valence-corrected chi connectivity index (χ4v) is 0.639. The van der Waals surface area contributed by atoms with Crippen molar-refractivity contribution in [3.8, 4) is 0 Å². The molecule has 0 spiro atoms. The van der Waals surface area contributed by atoms with Crippen LogP contribution >= 0.6 is 0 Å². The molecule has 0 aliphatic carbocycles. The van der Waals surface area contributed by atoms with Crippen LogP contribution in [-0.4, -0.2) is 37.7 Å². The number of carbonyl (C=O) groups is 2. The van der Waals surface area contributed by atoms with Crippen molar-refractivity contribution in [3.63, 3.8) is 0 Å². The molecule has 0 heterocycles. The van der Waals surface area contributed by atoms with E-state index >= 15 is 0 Å². The Morgan fingerprint density at radius 3 is 2.33 bits per heavy atom.